The fourth-order valence-electron chi connectivity index (χ4n) is 4.83. The molecule has 0 aromatic heterocycles. The van der Waals surface area contributed by atoms with Crippen LogP contribution in [-0.2, 0) is 9.59 Å². The van der Waals surface area contributed by atoms with Crippen LogP contribution in [0.4, 0.5) is 5.69 Å². The number of anilines is 1. The Morgan fingerprint density at radius 3 is 1.97 bits per heavy atom. The molecule has 5 nitrogen and oxygen atoms in total. The number of benzene rings is 1. The Balaban J connectivity index is 1.96. The zero-order valence-corrected chi connectivity index (χ0v) is 22.2. The molecular weight excluding hydrogens is 442 g/mol. The Bertz CT molecular complexity index is 1020. The highest BCUT2D eigenvalue weighted by Crippen LogP contribution is 2.40. The van der Waals surface area contributed by atoms with Crippen molar-refractivity contribution in [1.29, 1.82) is 0 Å². The molecule has 0 saturated carbocycles. The van der Waals surface area contributed by atoms with E-state index >= 15 is 0 Å². The van der Waals surface area contributed by atoms with E-state index in [0.717, 1.165) is 36.2 Å². The van der Waals surface area contributed by atoms with Gasteiger partial charge in [-0.25, -0.2) is 0 Å². The molecule has 1 aromatic carbocycles. The largest absolute Gasteiger partial charge is 0.372 e. The van der Waals surface area contributed by atoms with Crippen molar-refractivity contribution in [3.63, 3.8) is 0 Å². The van der Waals surface area contributed by atoms with Gasteiger partial charge in [-0.15, -0.1) is 0 Å². The van der Waals surface area contributed by atoms with Crippen LogP contribution in [0, 0.1) is 5.41 Å². The molecule has 0 N–H and O–H groups in total. The highest BCUT2D eigenvalue weighted by molar-refractivity contribution is 7.80. The molecule has 6 heteroatoms. The van der Waals surface area contributed by atoms with Gasteiger partial charge >= 0.3 is 0 Å². The number of allylic oxidation sites excluding steroid dienone is 4. The van der Waals surface area contributed by atoms with Gasteiger partial charge in [-0.1, -0.05) is 44.2 Å². The first-order valence-electron chi connectivity index (χ1n) is 12.3. The summed E-state index contributed by atoms with van der Waals surface area (Å²) in [5.74, 6) is -0.553. The van der Waals surface area contributed by atoms with Gasteiger partial charge in [0, 0.05) is 31.9 Å². The van der Waals surface area contributed by atoms with E-state index in [1.165, 1.54) is 15.5 Å². The summed E-state index contributed by atoms with van der Waals surface area (Å²) in [6, 6.07) is 8.57. The minimum Gasteiger partial charge on any atom is -0.372 e. The van der Waals surface area contributed by atoms with Gasteiger partial charge in [-0.3, -0.25) is 19.4 Å². The average Bonchev–Trinajstić information content (AvgIpc) is 2.79. The Hall–Kier alpha value is -2.73. The summed E-state index contributed by atoms with van der Waals surface area (Å²) in [5, 5.41) is 0.302. The molecule has 1 aliphatic heterocycles. The van der Waals surface area contributed by atoms with Crippen molar-refractivity contribution >= 4 is 40.9 Å². The standard InChI is InChI=1S/C28H37N3O2S/c1-7-29(8-2)23-15-13-20(14-16-23)11-12-21-17-22(19-28(5,6)18-21)24-25(32)30(9-3)27(34)31(10-4)26(24)33/h11-17H,7-10,18-19H2,1-6H3/b12-11+. The fourth-order valence-corrected chi connectivity index (χ4v) is 5.25. The second kappa shape index (κ2) is 10.7. The average molecular weight is 480 g/mol. The minimum atomic E-state index is -0.276. The summed E-state index contributed by atoms with van der Waals surface area (Å²) in [4.78, 5) is 31.9. The maximum atomic E-state index is 13.3. The second-order valence-corrected chi connectivity index (χ2v) is 9.98. The lowest BCUT2D eigenvalue weighted by molar-refractivity contribution is -0.133. The second-order valence-electron chi connectivity index (χ2n) is 9.62. The molecule has 3 rings (SSSR count). The molecule has 0 unspecified atom stereocenters. The summed E-state index contributed by atoms with van der Waals surface area (Å²) >= 11 is 5.42. The first kappa shape index (κ1) is 25.9. The summed E-state index contributed by atoms with van der Waals surface area (Å²) < 4.78 is 0. The summed E-state index contributed by atoms with van der Waals surface area (Å²) in [5.41, 5.74) is 4.48. The molecule has 34 heavy (non-hydrogen) atoms. The Kier molecular flexibility index (Phi) is 8.13. The van der Waals surface area contributed by atoms with E-state index in [1.807, 2.05) is 19.9 Å². The van der Waals surface area contributed by atoms with E-state index in [-0.39, 0.29) is 22.8 Å². The van der Waals surface area contributed by atoms with Gasteiger partial charge in [0.25, 0.3) is 11.8 Å². The number of nitrogens with zero attached hydrogens (tertiary/aromatic N) is 3. The third-order valence-electron chi connectivity index (χ3n) is 6.56. The molecule has 2 aliphatic rings. The lowest BCUT2D eigenvalue weighted by atomic mass is 9.73. The highest BCUT2D eigenvalue weighted by Gasteiger charge is 2.41. The first-order valence-corrected chi connectivity index (χ1v) is 12.7. The maximum Gasteiger partial charge on any atom is 0.265 e. The van der Waals surface area contributed by atoms with Crippen LogP contribution in [0.1, 0.15) is 59.9 Å². The molecule has 1 heterocycles. The first-order chi connectivity index (χ1) is 16.1. The van der Waals surface area contributed by atoms with Crippen molar-refractivity contribution in [2.45, 2.75) is 54.4 Å². The lowest BCUT2D eigenvalue weighted by Crippen LogP contribution is -2.56. The van der Waals surface area contributed by atoms with Gasteiger partial charge < -0.3 is 4.90 Å². The molecule has 2 amide bonds. The summed E-state index contributed by atoms with van der Waals surface area (Å²) in [6.45, 7) is 15.3. The number of thiocarbonyl (C=S) groups is 1. The van der Waals surface area contributed by atoms with Gasteiger partial charge in [-0.05, 0) is 87.0 Å². The zero-order valence-electron chi connectivity index (χ0n) is 21.4. The van der Waals surface area contributed by atoms with Crippen molar-refractivity contribution in [3.05, 3.63) is 58.7 Å². The van der Waals surface area contributed by atoms with Gasteiger partial charge in [0.1, 0.15) is 5.57 Å². The quantitative estimate of drug-likeness (QED) is 0.291. The number of rotatable bonds is 7. The summed E-state index contributed by atoms with van der Waals surface area (Å²) in [7, 11) is 0. The Labute approximate surface area is 209 Å². The molecule has 0 radical (unpaired) electrons. The zero-order chi connectivity index (χ0) is 25.0. The van der Waals surface area contributed by atoms with Gasteiger partial charge in [-0.2, -0.15) is 0 Å². The Morgan fingerprint density at radius 1 is 0.912 bits per heavy atom. The molecule has 1 fully saturated rings. The van der Waals surface area contributed by atoms with E-state index in [2.05, 4.69) is 69.0 Å². The smallest absolute Gasteiger partial charge is 0.265 e. The van der Waals surface area contributed by atoms with Crippen LogP contribution in [0.25, 0.3) is 6.08 Å². The molecule has 0 spiro atoms. The Morgan fingerprint density at radius 2 is 1.47 bits per heavy atom. The van der Waals surface area contributed by atoms with Gasteiger partial charge in [0.2, 0.25) is 0 Å². The molecule has 182 valence electrons. The van der Waals surface area contributed by atoms with Crippen LogP contribution in [0.3, 0.4) is 0 Å². The van der Waals surface area contributed by atoms with Crippen LogP contribution in [0.2, 0.25) is 0 Å². The number of likely N-dealkylation sites (N-methyl/N-ethyl adjacent to an activating group) is 2. The molecular formula is C28H37N3O2S. The molecule has 0 atom stereocenters. The van der Waals surface area contributed by atoms with Gasteiger partial charge in [0.15, 0.2) is 5.11 Å². The number of hydrogen-bond donors (Lipinski definition) is 0. The van der Waals surface area contributed by atoms with Crippen molar-refractivity contribution in [3.8, 4) is 0 Å². The minimum absolute atomic E-state index is 0.0596. The molecule has 1 aromatic rings. The summed E-state index contributed by atoms with van der Waals surface area (Å²) in [6.07, 6.45) is 7.82. The number of amides is 2. The van der Waals surface area contributed by atoms with Crippen molar-refractivity contribution < 1.29 is 9.59 Å². The SMILES string of the molecule is CCN1C(=O)C(=C2C=C(/C=C/c3ccc(N(CC)CC)cc3)CC(C)(C)C2)C(=O)N(CC)C1=S. The normalized spacial score (nSPS) is 18.8. The number of carbonyl (C=O) groups is 2. The van der Waals surface area contributed by atoms with Gasteiger partial charge in [0.05, 0.1) is 0 Å². The predicted molar refractivity (Wildman–Crippen MR) is 145 cm³/mol. The third kappa shape index (κ3) is 5.33. The third-order valence-corrected chi connectivity index (χ3v) is 7.00. The highest BCUT2D eigenvalue weighted by atomic mass is 32.1. The van der Waals surface area contributed by atoms with Crippen molar-refractivity contribution in [1.82, 2.24) is 9.80 Å². The van der Waals surface area contributed by atoms with E-state index < -0.39 is 0 Å². The van der Waals surface area contributed by atoms with E-state index in [0.29, 0.717) is 24.6 Å². The van der Waals surface area contributed by atoms with Crippen LogP contribution in [0.5, 0.6) is 0 Å². The lowest BCUT2D eigenvalue weighted by Gasteiger charge is -2.38. The van der Waals surface area contributed by atoms with E-state index in [1.54, 1.807) is 0 Å². The van der Waals surface area contributed by atoms with Crippen molar-refractivity contribution in [2.24, 2.45) is 5.41 Å². The fraction of sp³-hybridized carbons (Fsp3) is 0.464. The maximum absolute atomic E-state index is 13.3. The van der Waals surface area contributed by atoms with E-state index in [9.17, 15) is 9.59 Å². The monoisotopic (exact) mass is 479 g/mol. The number of hydrogen-bond acceptors (Lipinski definition) is 4. The van der Waals surface area contributed by atoms with Crippen LogP contribution in [-0.4, -0.2) is 52.9 Å². The van der Waals surface area contributed by atoms with Crippen LogP contribution in [0.15, 0.2) is 53.1 Å². The number of carbonyl (C=O) groups excluding carboxylic acids is 2. The van der Waals surface area contributed by atoms with Crippen LogP contribution < -0.4 is 4.90 Å². The topological polar surface area (TPSA) is 43.9 Å². The molecule has 0 bridgehead atoms. The van der Waals surface area contributed by atoms with Crippen LogP contribution >= 0.6 is 12.2 Å². The van der Waals surface area contributed by atoms with E-state index in [4.69, 9.17) is 12.2 Å². The van der Waals surface area contributed by atoms with Crippen molar-refractivity contribution in [2.75, 3.05) is 31.1 Å². The predicted octanol–water partition coefficient (Wildman–Crippen LogP) is 5.58. The molecule has 1 saturated heterocycles. The molecule has 1 aliphatic carbocycles.